The van der Waals surface area contributed by atoms with Crippen molar-refractivity contribution in [2.75, 3.05) is 0 Å². The van der Waals surface area contributed by atoms with Gasteiger partial charge in [0, 0.05) is 6.42 Å². The lowest BCUT2D eigenvalue weighted by Gasteiger charge is -2.06. The Morgan fingerprint density at radius 1 is 1.38 bits per heavy atom. The largest absolute Gasteiger partial charge is 0.293 e. The van der Waals surface area contributed by atoms with Crippen molar-refractivity contribution in [1.29, 1.82) is 0 Å². The van der Waals surface area contributed by atoms with Crippen LogP contribution in [0.3, 0.4) is 0 Å². The molecule has 1 unspecified atom stereocenters. The molecule has 2 atom stereocenters. The summed E-state index contributed by atoms with van der Waals surface area (Å²) in [5.74, 6) is 0. The molecule has 1 aliphatic heterocycles. The standard InChI is InChI=1S/C11H13NO/c1-2-10-8-11(13-12-10)9-6-4-3-5-7-9/h2-7,10-12H,1,8H2/t10?,11-/m0/s1. The Morgan fingerprint density at radius 2 is 2.15 bits per heavy atom. The van der Waals surface area contributed by atoms with Crippen LogP contribution in [-0.2, 0) is 4.84 Å². The van der Waals surface area contributed by atoms with Crippen molar-refractivity contribution in [2.45, 2.75) is 18.6 Å². The maximum atomic E-state index is 5.42. The molecule has 1 heterocycles. The molecule has 0 amide bonds. The molecule has 1 aromatic carbocycles. The minimum absolute atomic E-state index is 0.171. The molecule has 0 aliphatic carbocycles. The Labute approximate surface area is 78.2 Å². The number of rotatable bonds is 2. The van der Waals surface area contributed by atoms with Crippen LogP contribution in [0.5, 0.6) is 0 Å². The maximum Gasteiger partial charge on any atom is 0.106 e. The van der Waals surface area contributed by atoms with Gasteiger partial charge in [-0.1, -0.05) is 36.4 Å². The Balaban J connectivity index is 2.08. The van der Waals surface area contributed by atoms with Crippen LogP contribution in [0.25, 0.3) is 0 Å². The molecule has 1 aliphatic rings. The summed E-state index contributed by atoms with van der Waals surface area (Å²) in [5.41, 5.74) is 4.16. The fraction of sp³-hybridized carbons (Fsp3) is 0.273. The summed E-state index contributed by atoms with van der Waals surface area (Å²) in [6.07, 6.45) is 3.01. The molecule has 0 spiro atoms. The van der Waals surface area contributed by atoms with E-state index in [9.17, 15) is 0 Å². The van der Waals surface area contributed by atoms with Gasteiger partial charge in [0.05, 0.1) is 6.04 Å². The first-order valence-electron chi connectivity index (χ1n) is 4.49. The highest BCUT2D eigenvalue weighted by molar-refractivity contribution is 5.18. The Kier molecular flexibility index (Phi) is 2.43. The third-order valence-electron chi connectivity index (χ3n) is 2.29. The van der Waals surface area contributed by atoms with E-state index in [0.29, 0.717) is 0 Å². The quantitative estimate of drug-likeness (QED) is 0.696. The third kappa shape index (κ3) is 1.79. The van der Waals surface area contributed by atoms with Gasteiger partial charge in [-0.2, -0.15) is 5.48 Å². The van der Waals surface area contributed by atoms with Crippen LogP contribution in [0.15, 0.2) is 43.0 Å². The van der Waals surface area contributed by atoms with Crippen molar-refractivity contribution in [3.05, 3.63) is 48.6 Å². The van der Waals surface area contributed by atoms with Gasteiger partial charge in [-0.3, -0.25) is 4.84 Å². The lowest BCUT2D eigenvalue weighted by Crippen LogP contribution is -2.16. The topological polar surface area (TPSA) is 21.3 Å². The molecule has 2 heteroatoms. The van der Waals surface area contributed by atoms with Crippen LogP contribution in [0, 0.1) is 0 Å². The van der Waals surface area contributed by atoms with Crippen LogP contribution in [0.1, 0.15) is 18.1 Å². The van der Waals surface area contributed by atoms with Gasteiger partial charge in [0.1, 0.15) is 6.10 Å². The lowest BCUT2D eigenvalue weighted by molar-refractivity contribution is 0.0290. The molecule has 2 rings (SSSR count). The van der Waals surface area contributed by atoms with Crippen molar-refractivity contribution in [3.8, 4) is 0 Å². The molecule has 1 saturated heterocycles. The van der Waals surface area contributed by atoms with E-state index >= 15 is 0 Å². The molecular formula is C11H13NO. The first-order valence-corrected chi connectivity index (χ1v) is 4.49. The van der Waals surface area contributed by atoms with Gasteiger partial charge in [-0.05, 0) is 5.56 Å². The molecular weight excluding hydrogens is 162 g/mol. The highest BCUT2D eigenvalue weighted by Gasteiger charge is 2.23. The second-order valence-corrected chi connectivity index (χ2v) is 3.21. The van der Waals surface area contributed by atoms with E-state index in [0.717, 1.165) is 6.42 Å². The van der Waals surface area contributed by atoms with Gasteiger partial charge >= 0.3 is 0 Å². The van der Waals surface area contributed by atoms with Crippen molar-refractivity contribution in [1.82, 2.24) is 5.48 Å². The predicted octanol–water partition coefficient (Wildman–Crippen LogP) is 2.21. The van der Waals surface area contributed by atoms with E-state index in [4.69, 9.17) is 4.84 Å². The molecule has 0 saturated carbocycles. The number of hydroxylamine groups is 1. The molecule has 1 aromatic rings. The minimum atomic E-state index is 0.171. The van der Waals surface area contributed by atoms with E-state index in [1.54, 1.807) is 0 Å². The SMILES string of the molecule is C=CC1C[C@@H](c2ccccc2)ON1. The van der Waals surface area contributed by atoms with Crippen LogP contribution in [0.2, 0.25) is 0 Å². The minimum Gasteiger partial charge on any atom is -0.293 e. The Hall–Kier alpha value is -1.12. The Bertz CT molecular complexity index is 283. The van der Waals surface area contributed by atoms with Gasteiger partial charge in [0.25, 0.3) is 0 Å². The molecule has 13 heavy (non-hydrogen) atoms. The molecule has 0 radical (unpaired) electrons. The average molecular weight is 175 g/mol. The molecule has 0 aromatic heterocycles. The van der Waals surface area contributed by atoms with E-state index < -0.39 is 0 Å². The van der Waals surface area contributed by atoms with E-state index in [1.807, 2.05) is 24.3 Å². The first kappa shape index (κ1) is 8.48. The maximum absolute atomic E-state index is 5.42. The number of benzene rings is 1. The summed E-state index contributed by atoms with van der Waals surface area (Å²) in [6, 6.07) is 10.5. The average Bonchev–Trinajstić information content (AvgIpc) is 2.67. The molecule has 1 fully saturated rings. The van der Waals surface area contributed by atoms with Gasteiger partial charge in [-0.25, -0.2) is 0 Å². The number of hydrogen-bond donors (Lipinski definition) is 1. The second kappa shape index (κ2) is 3.73. The van der Waals surface area contributed by atoms with Crippen LogP contribution >= 0.6 is 0 Å². The summed E-state index contributed by atoms with van der Waals surface area (Å²) in [6.45, 7) is 3.73. The van der Waals surface area contributed by atoms with Crippen molar-refractivity contribution in [2.24, 2.45) is 0 Å². The fourth-order valence-corrected chi connectivity index (χ4v) is 1.51. The van der Waals surface area contributed by atoms with E-state index in [1.165, 1.54) is 5.56 Å². The zero-order valence-corrected chi connectivity index (χ0v) is 7.44. The monoisotopic (exact) mass is 175 g/mol. The van der Waals surface area contributed by atoms with E-state index in [-0.39, 0.29) is 12.1 Å². The number of nitrogens with one attached hydrogen (secondary N) is 1. The molecule has 68 valence electrons. The predicted molar refractivity (Wildman–Crippen MR) is 52.0 cm³/mol. The Morgan fingerprint density at radius 3 is 2.77 bits per heavy atom. The van der Waals surface area contributed by atoms with Crippen molar-refractivity contribution >= 4 is 0 Å². The first-order chi connectivity index (χ1) is 6.40. The smallest absolute Gasteiger partial charge is 0.106 e. The lowest BCUT2D eigenvalue weighted by atomic mass is 10.0. The van der Waals surface area contributed by atoms with E-state index in [2.05, 4.69) is 24.2 Å². The van der Waals surface area contributed by atoms with Gasteiger partial charge in [0.15, 0.2) is 0 Å². The summed E-state index contributed by atoms with van der Waals surface area (Å²) in [5, 5.41) is 0. The van der Waals surface area contributed by atoms with Crippen molar-refractivity contribution < 1.29 is 4.84 Å². The summed E-state index contributed by atoms with van der Waals surface area (Å²) in [4.78, 5) is 5.42. The fourth-order valence-electron chi connectivity index (χ4n) is 1.51. The van der Waals surface area contributed by atoms with Gasteiger partial charge in [0.2, 0.25) is 0 Å². The highest BCUT2D eigenvalue weighted by Crippen LogP contribution is 2.26. The van der Waals surface area contributed by atoms with Crippen LogP contribution in [-0.4, -0.2) is 6.04 Å². The summed E-state index contributed by atoms with van der Waals surface area (Å²) < 4.78 is 0. The zero-order chi connectivity index (χ0) is 9.10. The molecule has 2 nitrogen and oxygen atoms in total. The zero-order valence-electron chi connectivity index (χ0n) is 7.44. The second-order valence-electron chi connectivity index (χ2n) is 3.21. The highest BCUT2D eigenvalue weighted by atomic mass is 16.7. The summed E-state index contributed by atoms with van der Waals surface area (Å²) >= 11 is 0. The molecule has 1 N–H and O–H groups in total. The van der Waals surface area contributed by atoms with Crippen molar-refractivity contribution in [3.63, 3.8) is 0 Å². The van der Waals surface area contributed by atoms with Crippen LogP contribution in [0.4, 0.5) is 0 Å². The van der Waals surface area contributed by atoms with Gasteiger partial charge in [-0.15, -0.1) is 6.58 Å². The molecule has 0 bridgehead atoms. The normalized spacial score (nSPS) is 27.4. The summed E-state index contributed by atoms with van der Waals surface area (Å²) in [7, 11) is 0. The van der Waals surface area contributed by atoms with Gasteiger partial charge < -0.3 is 0 Å². The van der Waals surface area contributed by atoms with Crippen LogP contribution < -0.4 is 5.48 Å². The third-order valence-corrected chi connectivity index (χ3v) is 2.29. The number of hydrogen-bond acceptors (Lipinski definition) is 2.